The number of benzene rings is 3. The third kappa shape index (κ3) is 4.75. The number of ether oxygens (including phenoxy) is 2. The smallest absolute Gasteiger partial charge is 0.363 e. The highest BCUT2D eigenvalue weighted by atomic mass is 79.9. The summed E-state index contributed by atoms with van der Waals surface area (Å²) in [6, 6.07) is 20.0. The van der Waals surface area contributed by atoms with Crippen LogP contribution in [0.1, 0.15) is 16.7 Å². The minimum atomic E-state index is -0.485. The molecule has 0 fully saturated rings. The van der Waals surface area contributed by atoms with Gasteiger partial charge in [-0.3, -0.25) is 0 Å². The summed E-state index contributed by atoms with van der Waals surface area (Å²) in [7, 11) is 0. The van der Waals surface area contributed by atoms with Crippen molar-refractivity contribution in [3.8, 4) is 5.75 Å². The highest BCUT2D eigenvalue weighted by molar-refractivity contribution is 9.10. The van der Waals surface area contributed by atoms with E-state index in [2.05, 4.69) is 20.9 Å². The number of aliphatic imine (C=N–C) groups is 1. The van der Waals surface area contributed by atoms with Crippen LogP contribution in [0.3, 0.4) is 0 Å². The Labute approximate surface area is 191 Å². The van der Waals surface area contributed by atoms with E-state index in [0.717, 1.165) is 21.2 Å². The largest absolute Gasteiger partial charge is 0.489 e. The number of esters is 1. The first-order chi connectivity index (χ1) is 14.5. The summed E-state index contributed by atoms with van der Waals surface area (Å²) in [6.07, 6.45) is 1.67. The second kappa shape index (κ2) is 9.04. The van der Waals surface area contributed by atoms with Crippen LogP contribution >= 0.6 is 39.1 Å². The van der Waals surface area contributed by atoms with Gasteiger partial charge in [0.15, 0.2) is 5.70 Å². The van der Waals surface area contributed by atoms with Gasteiger partial charge in [0.25, 0.3) is 0 Å². The Balaban J connectivity index is 1.47. The Kier molecular flexibility index (Phi) is 6.23. The molecule has 0 amide bonds. The molecule has 0 unspecified atom stereocenters. The average molecular weight is 503 g/mol. The van der Waals surface area contributed by atoms with Crippen LogP contribution in [-0.4, -0.2) is 11.9 Å². The summed E-state index contributed by atoms with van der Waals surface area (Å²) >= 11 is 15.7. The molecule has 3 aromatic rings. The maximum absolute atomic E-state index is 12.2. The summed E-state index contributed by atoms with van der Waals surface area (Å²) < 4.78 is 12.0. The number of rotatable bonds is 5. The van der Waals surface area contributed by atoms with Gasteiger partial charge < -0.3 is 9.47 Å². The summed E-state index contributed by atoms with van der Waals surface area (Å²) in [4.78, 5) is 16.5. The maximum Gasteiger partial charge on any atom is 0.363 e. The lowest BCUT2D eigenvalue weighted by Crippen LogP contribution is -2.05. The number of hydrogen-bond acceptors (Lipinski definition) is 4. The molecule has 0 radical (unpaired) electrons. The van der Waals surface area contributed by atoms with E-state index in [0.29, 0.717) is 15.8 Å². The molecule has 7 heteroatoms. The zero-order valence-electron chi connectivity index (χ0n) is 15.4. The molecular formula is C23H14BrCl2NO3. The number of carbonyl (C=O) groups excluding carboxylic acids is 1. The van der Waals surface area contributed by atoms with E-state index in [-0.39, 0.29) is 18.2 Å². The predicted molar refractivity (Wildman–Crippen MR) is 122 cm³/mol. The van der Waals surface area contributed by atoms with Crippen LogP contribution in [0.4, 0.5) is 0 Å². The predicted octanol–water partition coefficient (Wildman–Crippen LogP) is 6.68. The van der Waals surface area contributed by atoms with Crippen molar-refractivity contribution in [2.24, 2.45) is 4.99 Å². The molecule has 0 aliphatic carbocycles. The van der Waals surface area contributed by atoms with Crippen LogP contribution in [0.5, 0.6) is 5.75 Å². The number of halogens is 3. The molecule has 4 nitrogen and oxygen atoms in total. The second-order valence-corrected chi connectivity index (χ2v) is 8.13. The van der Waals surface area contributed by atoms with Crippen molar-refractivity contribution < 1.29 is 14.3 Å². The molecule has 0 N–H and O–H groups in total. The third-order valence-electron chi connectivity index (χ3n) is 4.34. The molecule has 0 atom stereocenters. The van der Waals surface area contributed by atoms with Crippen LogP contribution < -0.4 is 4.74 Å². The molecule has 1 aliphatic heterocycles. The second-order valence-electron chi connectivity index (χ2n) is 6.40. The molecule has 0 aromatic heterocycles. The molecular weight excluding hydrogens is 489 g/mol. The van der Waals surface area contributed by atoms with E-state index in [1.54, 1.807) is 36.4 Å². The van der Waals surface area contributed by atoms with Crippen LogP contribution in [0.25, 0.3) is 6.08 Å². The summed E-state index contributed by atoms with van der Waals surface area (Å²) in [5.74, 6) is 0.457. The van der Waals surface area contributed by atoms with E-state index in [4.69, 9.17) is 32.7 Å². The fourth-order valence-corrected chi connectivity index (χ4v) is 3.54. The highest BCUT2D eigenvalue weighted by Crippen LogP contribution is 2.26. The van der Waals surface area contributed by atoms with Crippen molar-refractivity contribution in [1.82, 2.24) is 0 Å². The van der Waals surface area contributed by atoms with Crippen molar-refractivity contribution in [2.45, 2.75) is 6.61 Å². The molecule has 1 heterocycles. The molecule has 0 saturated carbocycles. The van der Waals surface area contributed by atoms with Crippen molar-refractivity contribution in [3.05, 3.63) is 104 Å². The van der Waals surface area contributed by atoms with Crippen molar-refractivity contribution in [3.63, 3.8) is 0 Å². The van der Waals surface area contributed by atoms with Crippen molar-refractivity contribution in [2.75, 3.05) is 0 Å². The van der Waals surface area contributed by atoms with E-state index in [9.17, 15) is 4.79 Å². The summed E-state index contributed by atoms with van der Waals surface area (Å²) in [6.45, 7) is 0.256. The molecule has 3 aromatic carbocycles. The average Bonchev–Trinajstić information content (AvgIpc) is 3.09. The first-order valence-corrected chi connectivity index (χ1v) is 10.5. The van der Waals surface area contributed by atoms with E-state index >= 15 is 0 Å². The van der Waals surface area contributed by atoms with E-state index < -0.39 is 5.97 Å². The quantitative estimate of drug-likeness (QED) is 0.289. The van der Waals surface area contributed by atoms with Gasteiger partial charge in [-0.15, -0.1) is 0 Å². The van der Waals surface area contributed by atoms with E-state index in [1.807, 2.05) is 36.4 Å². The number of hydrogen-bond donors (Lipinski definition) is 0. The molecule has 4 rings (SSSR count). The first kappa shape index (κ1) is 20.7. The lowest BCUT2D eigenvalue weighted by Gasteiger charge is -2.09. The SMILES string of the molecule is O=C1OC(c2ccc(Br)cc2)=N/C1=C/c1ccc(OCc2c(Cl)cccc2Cl)cc1. The molecule has 0 saturated heterocycles. The van der Waals surface area contributed by atoms with Crippen molar-refractivity contribution in [1.29, 1.82) is 0 Å². The van der Waals surface area contributed by atoms with Gasteiger partial charge >= 0.3 is 5.97 Å². The maximum atomic E-state index is 12.2. The number of nitrogens with zero attached hydrogens (tertiary/aromatic N) is 1. The minimum absolute atomic E-state index is 0.240. The van der Waals surface area contributed by atoms with Gasteiger partial charge in [-0.25, -0.2) is 9.79 Å². The van der Waals surface area contributed by atoms with Gasteiger partial charge in [0.05, 0.1) is 0 Å². The van der Waals surface area contributed by atoms with Crippen molar-refractivity contribution >= 4 is 57.1 Å². The van der Waals surface area contributed by atoms with E-state index in [1.165, 1.54) is 0 Å². The molecule has 0 spiro atoms. The number of carbonyl (C=O) groups is 1. The Bertz CT molecular complexity index is 1140. The van der Waals surface area contributed by atoms with Gasteiger partial charge in [-0.05, 0) is 60.2 Å². The Hall–Kier alpha value is -2.60. The molecule has 0 bridgehead atoms. The minimum Gasteiger partial charge on any atom is -0.489 e. The van der Waals surface area contributed by atoms with Gasteiger partial charge in [0.1, 0.15) is 12.4 Å². The fourth-order valence-electron chi connectivity index (χ4n) is 2.77. The Morgan fingerprint density at radius 2 is 1.63 bits per heavy atom. The highest BCUT2D eigenvalue weighted by Gasteiger charge is 2.24. The zero-order valence-corrected chi connectivity index (χ0v) is 18.5. The van der Waals surface area contributed by atoms with Crippen LogP contribution in [0.15, 0.2) is 81.9 Å². The topological polar surface area (TPSA) is 47.9 Å². The summed E-state index contributed by atoms with van der Waals surface area (Å²) in [5.41, 5.74) is 2.50. The first-order valence-electron chi connectivity index (χ1n) is 8.94. The van der Waals surface area contributed by atoms with Crippen LogP contribution in [-0.2, 0) is 16.1 Å². The molecule has 1 aliphatic rings. The third-order valence-corrected chi connectivity index (χ3v) is 5.58. The normalized spacial score (nSPS) is 14.6. The lowest BCUT2D eigenvalue weighted by molar-refractivity contribution is -0.129. The molecule has 150 valence electrons. The molecule has 30 heavy (non-hydrogen) atoms. The van der Waals surface area contributed by atoms with Gasteiger partial charge in [-0.1, -0.05) is 57.3 Å². The monoisotopic (exact) mass is 501 g/mol. The van der Waals surface area contributed by atoms with Gasteiger partial charge in [-0.2, -0.15) is 0 Å². The zero-order chi connectivity index (χ0) is 21.1. The standard InChI is InChI=1S/C23H14BrCl2NO3/c24-16-8-6-15(7-9-16)22-27-21(23(28)30-22)12-14-4-10-17(11-5-14)29-13-18-19(25)2-1-3-20(18)26/h1-12H,13H2/b21-12+. The lowest BCUT2D eigenvalue weighted by atomic mass is 10.2. The van der Waals surface area contributed by atoms with Gasteiger partial charge in [0, 0.05) is 25.6 Å². The van der Waals surface area contributed by atoms with Crippen LogP contribution in [0.2, 0.25) is 10.0 Å². The van der Waals surface area contributed by atoms with Crippen LogP contribution in [0, 0.1) is 0 Å². The number of cyclic esters (lactones) is 1. The Morgan fingerprint density at radius 1 is 0.967 bits per heavy atom. The summed E-state index contributed by atoms with van der Waals surface area (Å²) in [5, 5.41) is 1.12. The van der Waals surface area contributed by atoms with Gasteiger partial charge in [0.2, 0.25) is 5.90 Å². The Morgan fingerprint density at radius 3 is 2.30 bits per heavy atom. The fraction of sp³-hybridized carbons (Fsp3) is 0.0435.